The van der Waals surface area contributed by atoms with Crippen molar-refractivity contribution < 1.29 is 41.4 Å². The Morgan fingerprint density at radius 3 is 2.61 bits per heavy atom. The summed E-state index contributed by atoms with van der Waals surface area (Å²) in [5.41, 5.74) is -1.91. The first kappa shape index (κ1) is 27.0. The number of alkyl halides is 3. The molecule has 36 heavy (non-hydrogen) atoms. The monoisotopic (exact) mass is 512 g/mol. The lowest BCUT2D eigenvalue weighted by Crippen LogP contribution is -2.45. The van der Waals surface area contributed by atoms with Crippen LogP contribution in [0.15, 0.2) is 38.6 Å². The largest absolute Gasteiger partial charge is 0.490 e. The molecule has 10 nitrogen and oxygen atoms in total. The molecule has 194 valence electrons. The summed E-state index contributed by atoms with van der Waals surface area (Å²) in [7, 11) is 0. The average Bonchev–Trinajstić information content (AvgIpc) is 3.47. The minimum absolute atomic E-state index is 0.0188. The zero-order chi connectivity index (χ0) is 26.6. The van der Waals surface area contributed by atoms with Crippen molar-refractivity contribution in [3.05, 3.63) is 56.8 Å². The number of carbonyl (C=O) groups excluding carboxylic acids is 2. The van der Waals surface area contributed by atoms with Crippen LogP contribution in [0, 0.1) is 24.7 Å². The molecule has 13 heteroatoms. The van der Waals surface area contributed by atoms with E-state index >= 15 is 0 Å². The Labute approximate surface area is 202 Å². The summed E-state index contributed by atoms with van der Waals surface area (Å²) in [6.07, 6.45) is -6.15. The Hall–Kier alpha value is -3.63. The second-order valence-corrected chi connectivity index (χ2v) is 8.21. The van der Waals surface area contributed by atoms with Gasteiger partial charge in [-0.15, -0.1) is 0 Å². The Morgan fingerprint density at radius 2 is 2.00 bits per heavy atom. The molecule has 1 fully saturated rings. The fourth-order valence-corrected chi connectivity index (χ4v) is 3.42. The number of hydrogen-bond acceptors (Lipinski definition) is 8. The van der Waals surface area contributed by atoms with Crippen LogP contribution in [0.5, 0.6) is 0 Å². The molecule has 0 saturated carbocycles. The molecule has 0 N–H and O–H groups in total. The van der Waals surface area contributed by atoms with Gasteiger partial charge in [-0.25, -0.2) is 9.59 Å². The lowest BCUT2D eigenvalue weighted by molar-refractivity contribution is -0.204. The van der Waals surface area contributed by atoms with Crippen LogP contribution in [0.4, 0.5) is 13.2 Å². The Morgan fingerprint density at radius 1 is 1.28 bits per heavy atom. The molecule has 0 aromatic carbocycles. The molecule has 0 radical (unpaired) electrons. The summed E-state index contributed by atoms with van der Waals surface area (Å²) in [6.45, 7) is 4.18. The van der Waals surface area contributed by atoms with Crippen molar-refractivity contribution in [1.82, 2.24) is 9.13 Å². The number of carbonyl (C=O) groups is 2. The van der Waals surface area contributed by atoms with Crippen LogP contribution in [0.25, 0.3) is 0 Å². The van der Waals surface area contributed by atoms with Gasteiger partial charge in [0.1, 0.15) is 25.5 Å². The van der Waals surface area contributed by atoms with Crippen molar-refractivity contribution in [3.63, 3.8) is 0 Å². The fraction of sp³-hybridized carbons (Fsp3) is 0.478. The number of aromatic nitrogens is 2. The predicted octanol–water partition coefficient (Wildman–Crippen LogP) is 2.04. The Bertz CT molecular complexity index is 1280. The topological polar surface area (TPSA) is 119 Å². The molecular weight excluding hydrogens is 489 g/mol. The van der Waals surface area contributed by atoms with Gasteiger partial charge < -0.3 is 18.6 Å². The molecule has 1 aliphatic heterocycles. The minimum Gasteiger partial charge on any atom is -0.459 e. The summed E-state index contributed by atoms with van der Waals surface area (Å²) >= 11 is 0. The van der Waals surface area contributed by atoms with Gasteiger partial charge in [0.2, 0.25) is 0 Å². The number of nitrogens with zero attached hydrogens (tertiary/aromatic N) is 2. The quantitative estimate of drug-likeness (QED) is 0.426. The first-order valence-electron chi connectivity index (χ1n) is 10.8. The first-order valence-corrected chi connectivity index (χ1v) is 10.8. The van der Waals surface area contributed by atoms with Crippen molar-refractivity contribution in [3.8, 4) is 11.8 Å². The van der Waals surface area contributed by atoms with Crippen molar-refractivity contribution in [1.29, 1.82) is 0 Å². The van der Waals surface area contributed by atoms with E-state index in [1.165, 1.54) is 31.5 Å². The van der Waals surface area contributed by atoms with Crippen LogP contribution >= 0.6 is 0 Å². The van der Waals surface area contributed by atoms with Gasteiger partial charge in [0.15, 0.2) is 5.76 Å². The van der Waals surface area contributed by atoms with Crippen molar-refractivity contribution in [2.45, 2.75) is 51.8 Å². The average molecular weight is 512 g/mol. The highest BCUT2D eigenvalue weighted by Crippen LogP contribution is 2.31. The number of esters is 1. The van der Waals surface area contributed by atoms with Gasteiger partial charge in [0, 0.05) is 24.1 Å². The van der Waals surface area contributed by atoms with E-state index in [1.54, 1.807) is 0 Å². The summed E-state index contributed by atoms with van der Waals surface area (Å²) in [5, 5.41) is 0. The Balaban J connectivity index is 1.90. The van der Waals surface area contributed by atoms with Gasteiger partial charge in [0.05, 0.1) is 12.4 Å². The van der Waals surface area contributed by atoms with E-state index in [2.05, 4.69) is 16.6 Å². The zero-order valence-electron chi connectivity index (χ0n) is 19.5. The van der Waals surface area contributed by atoms with Gasteiger partial charge in [-0.3, -0.25) is 14.2 Å². The third kappa shape index (κ3) is 6.13. The fourth-order valence-electron chi connectivity index (χ4n) is 3.42. The number of hydrogen-bond donors (Lipinski definition) is 0. The number of halogens is 3. The molecule has 1 saturated heterocycles. The lowest BCUT2D eigenvalue weighted by Gasteiger charge is -2.19. The normalized spacial score (nSPS) is 19.7. The molecule has 2 aromatic heterocycles. The molecule has 0 bridgehead atoms. The van der Waals surface area contributed by atoms with Gasteiger partial charge in [0.25, 0.3) is 5.56 Å². The molecule has 0 amide bonds. The highest BCUT2D eigenvalue weighted by atomic mass is 19.4. The molecule has 2 aromatic rings. The van der Waals surface area contributed by atoms with Crippen LogP contribution in [0.2, 0.25) is 0 Å². The van der Waals surface area contributed by atoms with E-state index in [0.29, 0.717) is 4.57 Å². The molecule has 3 atom stereocenters. The third-order valence-electron chi connectivity index (χ3n) is 5.08. The maximum atomic E-state index is 13.1. The lowest BCUT2D eigenvalue weighted by atomic mass is 10.2. The van der Waals surface area contributed by atoms with Crippen LogP contribution in [0.1, 0.15) is 42.6 Å². The standard InChI is InChI=1S/C23H23F3N2O8/c1-13(2)6-4-8-34-16-10-18(36-17(16)12-35-21(31)23(24,25)26)27-11-14(3)19(29)28(22(27)32)20(30)15-7-5-9-33-15/h5,7,9,11,13,16-18H,8,10,12H2,1-3H3/t16-,17+,18+/m0/s1. The first-order chi connectivity index (χ1) is 16.9. The van der Waals surface area contributed by atoms with Crippen LogP contribution in [-0.4, -0.2) is 52.6 Å². The zero-order valence-corrected chi connectivity index (χ0v) is 19.5. The molecule has 3 rings (SSSR count). The van der Waals surface area contributed by atoms with Crippen molar-refractivity contribution in [2.24, 2.45) is 5.92 Å². The molecule has 1 aliphatic rings. The van der Waals surface area contributed by atoms with E-state index in [1.807, 2.05) is 13.8 Å². The molecule has 3 heterocycles. The predicted molar refractivity (Wildman–Crippen MR) is 116 cm³/mol. The number of rotatable bonds is 6. The SMILES string of the molecule is Cc1cn([C@H]2C[C@H](OCC#CC(C)C)[C@@H](COC(=O)C(F)(F)F)O2)c(=O)n(C(=O)c2ccco2)c1=O. The van der Waals surface area contributed by atoms with E-state index in [-0.39, 0.29) is 30.3 Å². The maximum Gasteiger partial charge on any atom is 0.490 e. The summed E-state index contributed by atoms with van der Waals surface area (Å²) < 4.78 is 59.7. The van der Waals surface area contributed by atoms with E-state index in [0.717, 1.165) is 4.57 Å². The van der Waals surface area contributed by atoms with Gasteiger partial charge in [-0.1, -0.05) is 25.7 Å². The van der Waals surface area contributed by atoms with Gasteiger partial charge in [-0.05, 0) is 19.1 Å². The van der Waals surface area contributed by atoms with Crippen LogP contribution in [-0.2, 0) is 19.0 Å². The molecule has 0 aliphatic carbocycles. The summed E-state index contributed by atoms with van der Waals surface area (Å²) in [4.78, 5) is 49.5. The molecule has 0 spiro atoms. The highest BCUT2D eigenvalue weighted by molar-refractivity contribution is 5.93. The summed E-state index contributed by atoms with van der Waals surface area (Å²) in [5.74, 6) is 2.02. The second-order valence-electron chi connectivity index (χ2n) is 8.21. The summed E-state index contributed by atoms with van der Waals surface area (Å²) in [6, 6.07) is 2.68. The molecular formula is C23H23F3N2O8. The number of aryl methyl sites for hydroxylation is 1. The third-order valence-corrected chi connectivity index (χ3v) is 5.08. The van der Waals surface area contributed by atoms with Crippen molar-refractivity contribution >= 4 is 11.9 Å². The second kappa shape index (κ2) is 11.0. The van der Waals surface area contributed by atoms with E-state index in [4.69, 9.17) is 13.9 Å². The Kier molecular flexibility index (Phi) is 8.21. The van der Waals surface area contributed by atoms with E-state index in [9.17, 15) is 32.3 Å². The van der Waals surface area contributed by atoms with Crippen molar-refractivity contribution in [2.75, 3.05) is 13.2 Å². The van der Waals surface area contributed by atoms with E-state index < -0.39 is 54.3 Å². The van der Waals surface area contributed by atoms with Crippen LogP contribution < -0.4 is 11.2 Å². The smallest absolute Gasteiger partial charge is 0.459 e. The number of furan rings is 1. The minimum atomic E-state index is -5.20. The van der Waals surface area contributed by atoms with Crippen LogP contribution in [0.3, 0.4) is 0 Å². The highest BCUT2D eigenvalue weighted by Gasteiger charge is 2.44. The number of ether oxygens (including phenoxy) is 3. The van der Waals surface area contributed by atoms with Gasteiger partial charge in [-0.2, -0.15) is 17.7 Å². The molecule has 0 unspecified atom stereocenters. The maximum absolute atomic E-state index is 13.1. The van der Waals surface area contributed by atoms with Gasteiger partial charge >= 0.3 is 23.7 Å².